The van der Waals surface area contributed by atoms with Crippen molar-refractivity contribution in [1.29, 1.82) is 0 Å². The number of ether oxygens (including phenoxy) is 1. The van der Waals surface area contributed by atoms with Gasteiger partial charge in [0.1, 0.15) is 18.7 Å². The molecule has 3 atom stereocenters. The van der Waals surface area contributed by atoms with Gasteiger partial charge in [-0.3, -0.25) is 9.09 Å². The third-order valence-corrected chi connectivity index (χ3v) is 5.31. The quantitative estimate of drug-likeness (QED) is 0.120. The highest BCUT2D eigenvalue weighted by atomic mass is 31.2. The van der Waals surface area contributed by atoms with Crippen LogP contribution in [0.3, 0.4) is 0 Å². The molecule has 31 heavy (non-hydrogen) atoms. The number of nitrogens with zero attached hydrogens (tertiary/aromatic N) is 7. The van der Waals surface area contributed by atoms with Crippen molar-refractivity contribution >= 4 is 24.8 Å². The topological polar surface area (TPSA) is 201 Å². The standard InChI is InChI=1S/C16H25N8O6P/c17-23-22-6-4-2-1-3-5-18-15-14-16(20-9-19-15)24(10-21-14)13-7-11(25)12(30-13)8-29-31(26,27)28/h9-13,25H,1-8H2,(H,18,19,20)(H2,26,27,28)/t11-,12+,13+/m0/s1. The van der Waals surface area contributed by atoms with Gasteiger partial charge in [0.05, 0.1) is 19.0 Å². The monoisotopic (exact) mass is 456 g/mol. The molecule has 14 nitrogen and oxygen atoms in total. The Morgan fingerprint density at radius 3 is 2.90 bits per heavy atom. The normalized spacial score (nSPS) is 21.3. The zero-order chi connectivity index (χ0) is 22.3. The number of phosphoric acid groups is 1. The van der Waals surface area contributed by atoms with Crippen molar-refractivity contribution in [2.24, 2.45) is 5.11 Å². The molecule has 0 radical (unpaired) electrons. The molecule has 15 heteroatoms. The largest absolute Gasteiger partial charge is 0.469 e. The highest BCUT2D eigenvalue weighted by Gasteiger charge is 2.37. The number of imidazole rings is 1. The lowest BCUT2D eigenvalue weighted by atomic mass is 10.2. The van der Waals surface area contributed by atoms with Gasteiger partial charge in [-0.05, 0) is 18.4 Å². The molecule has 1 aliphatic heterocycles. The molecule has 0 unspecified atom stereocenters. The summed E-state index contributed by atoms with van der Waals surface area (Å²) in [5.41, 5.74) is 9.31. The molecule has 1 aliphatic rings. The summed E-state index contributed by atoms with van der Waals surface area (Å²) in [7, 11) is -4.65. The van der Waals surface area contributed by atoms with E-state index in [2.05, 4.69) is 34.8 Å². The Labute approximate surface area is 177 Å². The van der Waals surface area contributed by atoms with Crippen LogP contribution in [0.25, 0.3) is 21.6 Å². The molecule has 170 valence electrons. The molecule has 0 bridgehead atoms. The second-order valence-corrected chi connectivity index (χ2v) is 8.30. The summed E-state index contributed by atoms with van der Waals surface area (Å²) in [4.78, 5) is 33.3. The summed E-state index contributed by atoms with van der Waals surface area (Å²) in [5.74, 6) is 0.581. The fourth-order valence-electron chi connectivity index (χ4n) is 3.31. The van der Waals surface area contributed by atoms with Gasteiger partial charge in [0.25, 0.3) is 0 Å². The number of fused-ring (bicyclic) bond motifs is 1. The van der Waals surface area contributed by atoms with Gasteiger partial charge >= 0.3 is 7.82 Å². The van der Waals surface area contributed by atoms with Crippen LogP contribution in [-0.2, 0) is 13.8 Å². The Balaban J connectivity index is 1.57. The summed E-state index contributed by atoms with van der Waals surface area (Å²) >= 11 is 0. The fourth-order valence-corrected chi connectivity index (χ4v) is 3.65. The first kappa shape index (κ1) is 23.4. The molecule has 1 fully saturated rings. The number of phosphoric ester groups is 1. The van der Waals surface area contributed by atoms with E-state index in [1.54, 1.807) is 4.57 Å². The van der Waals surface area contributed by atoms with Gasteiger partial charge in [0.15, 0.2) is 17.0 Å². The SMILES string of the molecule is [N-]=[N+]=NCCCCCCNc1ncnc2c1ncn2[C@H]1C[C@H](O)[C@@H](COP(=O)(O)O)O1. The number of unbranched alkanes of at least 4 members (excludes halogenated alkanes) is 3. The average Bonchev–Trinajstić information content (AvgIpc) is 3.31. The van der Waals surface area contributed by atoms with E-state index in [0.29, 0.717) is 30.1 Å². The molecule has 3 rings (SSSR count). The summed E-state index contributed by atoms with van der Waals surface area (Å²) in [6.07, 6.45) is 4.44. The molecule has 1 saturated heterocycles. The molecule has 0 aromatic carbocycles. The fraction of sp³-hybridized carbons (Fsp3) is 0.688. The van der Waals surface area contributed by atoms with Crippen molar-refractivity contribution in [3.8, 4) is 0 Å². The zero-order valence-corrected chi connectivity index (χ0v) is 17.6. The number of aliphatic hydroxyl groups excluding tert-OH is 1. The maximum atomic E-state index is 10.9. The molecule has 2 aromatic rings. The van der Waals surface area contributed by atoms with Crippen LogP contribution in [0.4, 0.5) is 5.82 Å². The maximum Gasteiger partial charge on any atom is 0.469 e. The minimum atomic E-state index is -4.65. The summed E-state index contributed by atoms with van der Waals surface area (Å²) in [6.45, 7) is 0.776. The maximum absolute atomic E-state index is 10.9. The number of azide groups is 1. The van der Waals surface area contributed by atoms with Crippen molar-refractivity contribution in [3.63, 3.8) is 0 Å². The Kier molecular flexibility index (Phi) is 8.15. The third kappa shape index (κ3) is 6.58. The lowest BCUT2D eigenvalue weighted by Gasteiger charge is -2.16. The van der Waals surface area contributed by atoms with E-state index in [-0.39, 0.29) is 6.42 Å². The van der Waals surface area contributed by atoms with E-state index in [9.17, 15) is 9.67 Å². The lowest BCUT2D eigenvalue weighted by Crippen LogP contribution is -2.25. The Hall–Kier alpha value is -2.31. The molecule has 0 saturated carbocycles. The molecular formula is C16H25N8O6P. The minimum absolute atomic E-state index is 0.198. The predicted octanol–water partition coefficient (Wildman–Crippen LogP) is 1.87. The van der Waals surface area contributed by atoms with Crippen molar-refractivity contribution in [1.82, 2.24) is 19.5 Å². The first-order valence-electron chi connectivity index (χ1n) is 9.85. The first-order chi connectivity index (χ1) is 14.9. The first-order valence-corrected chi connectivity index (χ1v) is 11.4. The highest BCUT2D eigenvalue weighted by Crippen LogP contribution is 2.38. The van der Waals surface area contributed by atoms with Crippen LogP contribution in [0.2, 0.25) is 0 Å². The van der Waals surface area contributed by atoms with E-state index in [0.717, 1.165) is 25.7 Å². The van der Waals surface area contributed by atoms with E-state index < -0.39 is 32.9 Å². The van der Waals surface area contributed by atoms with Crippen LogP contribution in [0.1, 0.15) is 38.3 Å². The molecule has 4 N–H and O–H groups in total. The van der Waals surface area contributed by atoms with Gasteiger partial charge in [-0.2, -0.15) is 0 Å². The number of aromatic nitrogens is 4. The predicted molar refractivity (Wildman–Crippen MR) is 109 cm³/mol. The summed E-state index contributed by atoms with van der Waals surface area (Å²) in [6, 6.07) is 0. The molecular weight excluding hydrogens is 431 g/mol. The number of hydrogen-bond acceptors (Lipinski definition) is 9. The number of hydrogen-bond donors (Lipinski definition) is 4. The van der Waals surface area contributed by atoms with Crippen LogP contribution in [0.15, 0.2) is 17.8 Å². The van der Waals surface area contributed by atoms with Crippen LogP contribution in [0, 0.1) is 0 Å². The van der Waals surface area contributed by atoms with Gasteiger partial charge in [0, 0.05) is 24.4 Å². The molecule has 2 aromatic heterocycles. The van der Waals surface area contributed by atoms with Gasteiger partial charge < -0.3 is 24.9 Å². The van der Waals surface area contributed by atoms with Gasteiger partial charge in [0.2, 0.25) is 0 Å². The summed E-state index contributed by atoms with van der Waals surface area (Å²) < 4.78 is 22.7. The van der Waals surface area contributed by atoms with Crippen molar-refractivity contribution in [3.05, 3.63) is 23.1 Å². The molecule has 3 heterocycles. The molecule has 0 spiro atoms. The Bertz CT molecular complexity index is 961. The smallest absolute Gasteiger partial charge is 0.390 e. The van der Waals surface area contributed by atoms with Gasteiger partial charge in [-0.1, -0.05) is 18.0 Å². The lowest BCUT2D eigenvalue weighted by molar-refractivity contribution is -0.0424. The van der Waals surface area contributed by atoms with Gasteiger partial charge in [-0.15, -0.1) is 0 Å². The van der Waals surface area contributed by atoms with Crippen LogP contribution >= 0.6 is 7.82 Å². The van der Waals surface area contributed by atoms with Crippen LogP contribution in [-0.4, -0.2) is 66.3 Å². The van der Waals surface area contributed by atoms with E-state index in [1.165, 1.54) is 12.7 Å². The number of anilines is 1. The molecule has 0 aliphatic carbocycles. The van der Waals surface area contributed by atoms with E-state index >= 15 is 0 Å². The van der Waals surface area contributed by atoms with Crippen molar-refractivity contribution < 1.29 is 28.7 Å². The highest BCUT2D eigenvalue weighted by molar-refractivity contribution is 7.46. The number of nitrogens with one attached hydrogen (secondary N) is 1. The zero-order valence-electron chi connectivity index (χ0n) is 16.7. The Morgan fingerprint density at radius 1 is 1.32 bits per heavy atom. The number of rotatable bonds is 12. The van der Waals surface area contributed by atoms with Crippen molar-refractivity contribution in [2.45, 2.75) is 50.5 Å². The van der Waals surface area contributed by atoms with Crippen molar-refractivity contribution in [2.75, 3.05) is 25.0 Å². The van der Waals surface area contributed by atoms with E-state index in [4.69, 9.17) is 20.1 Å². The van der Waals surface area contributed by atoms with Crippen LogP contribution < -0.4 is 5.32 Å². The second-order valence-electron chi connectivity index (χ2n) is 7.06. The average molecular weight is 456 g/mol. The van der Waals surface area contributed by atoms with Crippen LogP contribution in [0.5, 0.6) is 0 Å². The third-order valence-electron chi connectivity index (χ3n) is 4.82. The minimum Gasteiger partial charge on any atom is -0.390 e. The van der Waals surface area contributed by atoms with E-state index in [1.807, 2.05) is 0 Å². The summed E-state index contributed by atoms with van der Waals surface area (Å²) in [5, 5.41) is 16.9. The molecule has 0 amide bonds. The van der Waals surface area contributed by atoms with Gasteiger partial charge in [-0.25, -0.2) is 19.5 Å². The second kappa shape index (κ2) is 10.8. The number of aliphatic hydroxyl groups is 1. The Morgan fingerprint density at radius 2 is 2.13 bits per heavy atom.